The third-order valence-corrected chi connectivity index (χ3v) is 8.98. The predicted octanol–water partition coefficient (Wildman–Crippen LogP) is 3.89. The van der Waals surface area contributed by atoms with E-state index in [0.29, 0.717) is 50.2 Å². The molecule has 2 aliphatic rings. The van der Waals surface area contributed by atoms with Crippen molar-refractivity contribution >= 4 is 45.2 Å². The summed E-state index contributed by atoms with van der Waals surface area (Å²) >= 11 is 3.01. The first-order valence-electron chi connectivity index (χ1n) is 12.0. The summed E-state index contributed by atoms with van der Waals surface area (Å²) in [6, 6.07) is 0. The molecule has 4 rings (SSSR count). The second-order valence-electron chi connectivity index (χ2n) is 9.09. The summed E-state index contributed by atoms with van der Waals surface area (Å²) in [6.45, 7) is 9.91. The number of thiophene rings is 1. The molecule has 0 saturated carbocycles. The largest absolute Gasteiger partial charge is 0.466 e. The fourth-order valence-corrected chi connectivity index (χ4v) is 7.32. The molecule has 2 aromatic rings. The maximum atomic E-state index is 13.4. The van der Waals surface area contributed by atoms with Gasteiger partial charge in [-0.1, -0.05) is 18.7 Å². The van der Waals surface area contributed by atoms with Crippen LogP contribution in [0.1, 0.15) is 57.4 Å². The lowest BCUT2D eigenvalue weighted by Crippen LogP contribution is -2.43. The highest BCUT2D eigenvalue weighted by molar-refractivity contribution is 8.00. The first-order chi connectivity index (χ1) is 15.8. The average molecular weight is 492 g/mol. The number of hydrogen-bond donors (Lipinski definition) is 0. The number of likely N-dealkylation sites (tertiary alicyclic amines) is 1. The van der Waals surface area contributed by atoms with Crippen LogP contribution in [0.2, 0.25) is 0 Å². The first-order valence-corrected chi connectivity index (χ1v) is 13.7. The van der Waals surface area contributed by atoms with E-state index in [2.05, 4.69) is 6.92 Å². The number of nitrogens with zero attached hydrogens (tertiary/aromatic N) is 3. The van der Waals surface area contributed by atoms with Crippen LogP contribution in [0.5, 0.6) is 0 Å². The van der Waals surface area contributed by atoms with E-state index >= 15 is 0 Å². The third kappa shape index (κ3) is 4.85. The van der Waals surface area contributed by atoms with Crippen LogP contribution in [0.3, 0.4) is 0 Å². The molecule has 33 heavy (non-hydrogen) atoms. The normalized spacial score (nSPS) is 20.0. The lowest BCUT2D eigenvalue weighted by Gasteiger charge is -2.32. The Morgan fingerprint density at radius 1 is 1.24 bits per heavy atom. The second kappa shape index (κ2) is 10.2. The molecule has 0 spiro atoms. The van der Waals surface area contributed by atoms with Gasteiger partial charge in [0.15, 0.2) is 5.16 Å². The molecule has 1 saturated heterocycles. The molecule has 0 bridgehead atoms. The lowest BCUT2D eigenvalue weighted by molar-refractivity contribution is -0.151. The van der Waals surface area contributed by atoms with Crippen LogP contribution >= 0.6 is 23.1 Å². The van der Waals surface area contributed by atoms with Crippen molar-refractivity contribution in [2.24, 2.45) is 11.8 Å². The van der Waals surface area contributed by atoms with E-state index in [0.717, 1.165) is 29.5 Å². The quantitative estimate of drug-likeness (QED) is 0.346. The molecule has 7 nitrogen and oxygen atoms in total. The van der Waals surface area contributed by atoms with Crippen molar-refractivity contribution in [2.75, 3.05) is 19.7 Å². The van der Waals surface area contributed by atoms with Crippen molar-refractivity contribution in [3.05, 3.63) is 20.8 Å². The number of amides is 1. The number of hydrogen-bond acceptors (Lipinski definition) is 7. The van der Waals surface area contributed by atoms with Crippen molar-refractivity contribution in [3.63, 3.8) is 0 Å². The summed E-state index contributed by atoms with van der Waals surface area (Å²) in [6.07, 6.45) is 4.33. The number of carbonyl (C=O) groups is 2. The highest BCUT2D eigenvalue weighted by Gasteiger charge is 2.31. The summed E-state index contributed by atoms with van der Waals surface area (Å²) in [4.78, 5) is 47.3. The van der Waals surface area contributed by atoms with Gasteiger partial charge in [-0.25, -0.2) is 4.98 Å². The van der Waals surface area contributed by atoms with Crippen molar-refractivity contribution in [2.45, 2.75) is 76.8 Å². The van der Waals surface area contributed by atoms with E-state index in [9.17, 15) is 14.4 Å². The minimum absolute atomic E-state index is 0.0203. The van der Waals surface area contributed by atoms with Crippen LogP contribution < -0.4 is 5.56 Å². The molecule has 1 amide bonds. The molecule has 180 valence electrons. The molecule has 1 aliphatic heterocycles. The molecular formula is C24H33N3O4S2. The van der Waals surface area contributed by atoms with Gasteiger partial charge in [0.2, 0.25) is 5.91 Å². The molecular weight excluding hydrogens is 458 g/mol. The van der Waals surface area contributed by atoms with Gasteiger partial charge in [-0.2, -0.15) is 0 Å². The van der Waals surface area contributed by atoms with Crippen LogP contribution in [0, 0.1) is 11.8 Å². The van der Waals surface area contributed by atoms with Gasteiger partial charge in [-0.3, -0.25) is 19.0 Å². The van der Waals surface area contributed by atoms with Crippen LogP contribution in [-0.2, 0) is 33.7 Å². The molecule has 2 atom stereocenters. The zero-order valence-electron chi connectivity index (χ0n) is 19.9. The number of rotatable bonds is 6. The molecule has 3 heterocycles. The van der Waals surface area contributed by atoms with E-state index in [1.54, 1.807) is 15.9 Å². The molecule has 9 heteroatoms. The van der Waals surface area contributed by atoms with Gasteiger partial charge < -0.3 is 9.64 Å². The molecule has 1 fully saturated rings. The molecule has 0 aromatic carbocycles. The Morgan fingerprint density at radius 3 is 2.64 bits per heavy atom. The minimum atomic E-state index is -0.360. The van der Waals surface area contributed by atoms with Gasteiger partial charge in [-0.05, 0) is 64.4 Å². The summed E-state index contributed by atoms with van der Waals surface area (Å²) in [5.74, 6) is 0.375. The number of piperidine rings is 1. The smallest absolute Gasteiger partial charge is 0.309 e. The Kier molecular flexibility index (Phi) is 7.48. The zero-order chi connectivity index (χ0) is 23.7. The fourth-order valence-electron chi connectivity index (χ4n) is 4.83. The van der Waals surface area contributed by atoms with Gasteiger partial charge in [0.1, 0.15) is 4.83 Å². The number of thioether (sulfide) groups is 1. The summed E-state index contributed by atoms with van der Waals surface area (Å²) in [7, 11) is 0. The standard InChI is InChI=1S/C24H33N3O4S2/c1-5-27-22(29)19-17-8-7-14(3)13-18(17)33-20(19)25-24(27)32-15(4)21(28)26-11-9-16(10-12-26)23(30)31-6-2/h14-16H,5-13H2,1-4H3. The number of fused-ring (bicyclic) bond motifs is 3. The summed E-state index contributed by atoms with van der Waals surface area (Å²) in [5, 5.41) is 1.04. The molecule has 2 aromatic heterocycles. The maximum Gasteiger partial charge on any atom is 0.309 e. The van der Waals surface area contributed by atoms with Gasteiger partial charge in [-0.15, -0.1) is 11.3 Å². The number of carbonyl (C=O) groups excluding carboxylic acids is 2. The Bertz CT molecular complexity index is 1100. The van der Waals surface area contributed by atoms with Crippen molar-refractivity contribution in [1.29, 1.82) is 0 Å². The van der Waals surface area contributed by atoms with E-state index in [-0.39, 0.29) is 28.6 Å². The topological polar surface area (TPSA) is 81.5 Å². The summed E-state index contributed by atoms with van der Waals surface area (Å²) in [5.41, 5.74) is 1.21. The highest BCUT2D eigenvalue weighted by atomic mass is 32.2. The highest BCUT2D eigenvalue weighted by Crippen LogP contribution is 2.37. The van der Waals surface area contributed by atoms with Gasteiger partial charge >= 0.3 is 5.97 Å². The van der Waals surface area contributed by atoms with Gasteiger partial charge in [0, 0.05) is 24.5 Å². The van der Waals surface area contributed by atoms with E-state index < -0.39 is 0 Å². The Morgan fingerprint density at radius 2 is 1.97 bits per heavy atom. The fraction of sp³-hybridized carbons (Fsp3) is 0.667. The minimum Gasteiger partial charge on any atom is -0.466 e. The average Bonchev–Trinajstić information content (AvgIpc) is 3.16. The van der Waals surface area contributed by atoms with E-state index in [4.69, 9.17) is 9.72 Å². The number of aromatic nitrogens is 2. The molecule has 1 aliphatic carbocycles. The second-order valence-corrected chi connectivity index (χ2v) is 11.5. The number of aryl methyl sites for hydroxylation is 1. The predicted molar refractivity (Wildman–Crippen MR) is 132 cm³/mol. The van der Waals surface area contributed by atoms with Crippen LogP contribution in [0.15, 0.2) is 9.95 Å². The van der Waals surface area contributed by atoms with Crippen LogP contribution in [0.4, 0.5) is 0 Å². The number of esters is 1. The first kappa shape index (κ1) is 24.3. The lowest BCUT2D eigenvalue weighted by atomic mass is 9.89. The van der Waals surface area contributed by atoms with Gasteiger partial charge in [0.05, 0.1) is 23.2 Å². The molecule has 0 radical (unpaired) electrons. The zero-order valence-corrected chi connectivity index (χ0v) is 21.5. The molecule has 2 unspecified atom stereocenters. The van der Waals surface area contributed by atoms with Crippen molar-refractivity contribution in [3.8, 4) is 0 Å². The van der Waals surface area contributed by atoms with E-state index in [1.807, 2.05) is 25.7 Å². The Balaban J connectivity index is 1.51. The Hall–Kier alpha value is -1.87. The van der Waals surface area contributed by atoms with Crippen LogP contribution in [0.25, 0.3) is 10.2 Å². The number of ether oxygens (including phenoxy) is 1. The summed E-state index contributed by atoms with van der Waals surface area (Å²) < 4.78 is 6.84. The Labute approximate surface area is 202 Å². The maximum absolute atomic E-state index is 13.4. The van der Waals surface area contributed by atoms with Crippen molar-refractivity contribution < 1.29 is 14.3 Å². The van der Waals surface area contributed by atoms with Crippen LogP contribution in [-0.4, -0.2) is 51.3 Å². The SMILES string of the molecule is CCOC(=O)C1CCN(C(=O)C(C)Sc2nc3sc4c(c3c(=O)n2CC)CCC(C)C4)CC1. The monoisotopic (exact) mass is 491 g/mol. The van der Waals surface area contributed by atoms with E-state index in [1.165, 1.54) is 22.2 Å². The van der Waals surface area contributed by atoms with Crippen molar-refractivity contribution in [1.82, 2.24) is 14.5 Å². The third-order valence-electron chi connectivity index (χ3n) is 6.75. The molecule has 0 N–H and O–H groups in total. The van der Waals surface area contributed by atoms with Gasteiger partial charge in [0.25, 0.3) is 5.56 Å².